The van der Waals surface area contributed by atoms with E-state index in [2.05, 4.69) is 9.47 Å². The second-order valence-corrected chi connectivity index (χ2v) is 4.18. The Hall–Kier alpha value is -1.67. The van der Waals surface area contributed by atoms with E-state index in [1.165, 1.54) is 0 Å². The molecule has 0 unspecified atom stereocenters. The fourth-order valence-electron chi connectivity index (χ4n) is 1.95. The summed E-state index contributed by atoms with van der Waals surface area (Å²) in [5.41, 5.74) is 5.61. The Morgan fingerprint density at radius 2 is 2.32 bits per heavy atom. The van der Waals surface area contributed by atoms with Crippen LogP contribution in [-0.4, -0.2) is 54.8 Å². The maximum atomic E-state index is 11.7. The van der Waals surface area contributed by atoms with Crippen molar-refractivity contribution in [2.45, 2.75) is 19.8 Å². The monoisotopic (exact) mass is 272 g/mol. The van der Waals surface area contributed by atoms with E-state index in [0.29, 0.717) is 19.6 Å². The van der Waals surface area contributed by atoms with Crippen LogP contribution in [0.3, 0.4) is 0 Å². The average molecular weight is 272 g/mol. The van der Waals surface area contributed by atoms with Crippen molar-refractivity contribution in [3.63, 3.8) is 0 Å². The molecule has 3 N–H and O–H groups in total. The Balaban J connectivity index is 2.58. The molecule has 1 amide bonds. The van der Waals surface area contributed by atoms with Crippen molar-refractivity contribution < 1.29 is 19.1 Å². The standard InChI is InChI=1S/C11H20N4O4/c1-2-18-11(17)19-10(16)15(8-13)14-5-3-4-9(6-12)7-14/h8-9,13H,2-7,12H2,1H3/t9-/m0/s1. The molecule has 108 valence electrons. The molecule has 0 bridgehead atoms. The van der Waals surface area contributed by atoms with Crippen LogP contribution in [0.4, 0.5) is 9.59 Å². The number of carbonyl (C=O) groups is 2. The third-order valence-electron chi connectivity index (χ3n) is 2.88. The fraction of sp³-hybridized carbons (Fsp3) is 0.727. The first-order chi connectivity index (χ1) is 9.12. The maximum absolute atomic E-state index is 11.7. The lowest BCUT2D eigenvalue weighted by atomic mass is 9.99. The number of amides is 1. The minimum absolute atomic E-state index is 0.121. The highest BCUT2D eigenvalue weighted by Crippen LogP contribution is 2.17. The Bertz CT molecular complexity index is 337. The molecule has 1 aliphatic rings. The number of hydrogen-bond donors (Lipinski definition) is 2. The third kappa shape index (κ3) is 4.49. The first-order valence-electron chi connectivity index (χ1n) is 6.25. The summed E-state index contributed by atoms with van der Waals surface area (Å²) < 4.78 is 8.98. The molecule has 0 aromatic carbocycles. The lowest BCUT2D eigenvalue weighted by molar-refractivity contribution is 0.00184. The Labute approximate surface area is 111 Å². The van der Waals surface area contributed by atoms with Gasteiger partial charge in [-0.05, 0) is 32.2 Å². The quantitative estimate of drug-likeness (QED) is 0.339. The highest BCUT2D eigenvalue weighted by atomic mass is 16.7. The number of carbonyl (C=O) groups excluding carboxylic acids is 2. The molecule has 1 aliphatic heterocycles. The van der Waals surface area contributed by atoms with E-state index >= 15 is 0 Å². The van der Waals surface area contributed by atoms with Gasteiger partial charge in [0.1, 0.15) is 6.34 Å². The van der Waals surface area contributed by atoms with Crippen LogP contribution in [0.25, 0.3) is 0 Å². The predicted octanol–water partition coefficient (Wildman–Crippen LogP) is 0.774. The molecule has 1 saturated heterocycles. The van der Waals surface area contributed by atoms with Gasteiger partial charge in [-0.1, -0.05) is 0 Å². The van der Waals surface area contributed by atoms with Crippen LogP contribution >= 0.6 is 0 Å². The molecule has 0 aromatic heterocycles. The van der Waals surface area contributed by atoms with Gasteiger partial charge in [0.05, 0.1) is 6.61 Å². The van der Waals surface area contributed by atoms with Crippen LogP contribution in [0, 0.1) is 11.3 Å². The molecule has 1 heterocycles. The van der Waals surface area contributed by atoms with Gasteiger partial charge in [-0.3, -0.25) is 5.41 Å². The summed E-state index contributed by atoms with van der Waals surface area (Å²) in [6, 6.07) is 0. The van der Waals surface area contributed by atoms with E-state index in [1.54, 1.807) is 11.9 Å². The van der Waals surface area contributed by atoms with Crippen LogP contribution in [0.5, 0.6) is 0 Å². The summed E-state index contributed by atoms with van der Waals surface area (Å²) in [5.74, 6) is 0.270. The largest absolute Gasteiger partial charge is 0.517 e. The van der Waals surface area contributed by atoms with Gasteiger partial charge in [-0.25, -0.2) is 14.6 Å². The highest BCUT2D eigenvalue weighted by Gasteiger charge is 2.28. The summed E-state index contributed by atoms with van der Waals surface area (Å²) in [6.45, 7) is 3.43. The van der Waals surface area contributed by atoms with Gasteiger partial charge in [0, 0.05) is 13.1 Å². The van der Waals surface area contributed by atoms with Gasteiger partial charge in [0.2, 0.25) is 0 Å². The minimum Gasteiger partial charge on any atom is -0.434 e. The molecule has 0 aliphatic carbocycles. The zero-order valence-electron chi connectivity index (χ0n) is 11.0. The molecule has 8 nitrogen and oxygen atoms in total. The predicted molar refractivity (Wildman–Crippen MR) is 67.5 cm³/mol. The molecule has 8 heteroatoms. The third-order valence-corrected chi connectivity index (χ3v) is 2.88. The van der Waals surface area contributed by atoms with E-state index in [9.17, 15) is 9.59 Å². The molecular formula is C11H20N4O4. The summed E-state index contributed by atoms with van der Waals surface area (Å²) in [6.07, 6.45) is 0.684. The molecule has 0 saturated carbocycles. The number of hydrazine groups is 1. The molecular weight excluding hydrogens is 252 g/mol. The van der Waals surface area contributed by atoms with Crippen LogP contribution in [0.15, 0.2) is 0 Å². The number of nitrogens with one attached hydrogen (secondary N) is 1. The van der Waals surface area contributed by atoms with Gasteiger partial charge >= 0.3 is 12.2 Å². The maximum Gasteiger partial charge on any atom is 0.517 e. The Morgan fingerprint density at radius 1 is 1.58 bits per heavy atom. The number of rotatable bonds is 4. The van der Waals surface area contributed by atoms with E-state index in [1.807, 2.05) is 0 Å². The van der Waals surface area contributed by atoms with Crippen molar-refractivity contribution in [1.29, 1.82) is 5.41 Å². The number of nitrogens with zero attached hydrogens (tertiary/aromatic N) is 2. The summed E-state index contributed by atoms with van der Waals surface area (Å²) in [4.78, 5) is 22.8. The number of ether oxygens (including phenoxy) is 2. The van der Waals surface area contributed by atoms with Crippen molar-refractivity contribution in [3.8, 4) is 0 Å². The first-order valence-corrected chi connectivity index (χ1v) is 6.25. The zero-order valence-corrected chi connectivity index (χ0v) is 11.0. The molecule has 0 spiro atoms. The van der Waals surface area contributed by atoms with Crippen molar-refractivity contribution >= 4 is 18.6 Å². The minimum atomic E-state index is -1.06. The van der Waals surface area contributed by atoms with Crippen LogP contribution in [0.2, 0.25) is 0 Å². The Morgan fingerprint density at radius 3 is 2.89 bits per heavy atom. The molecule has 0 aromatic rings. The SMILES string of the molecule is CCOC(=O)OC(=O)N(C=N)N1CCC[C@@H](CN)C1. The summed E-state index contributed by atoms with van der Waals surface area (Å²) >= 11 is 0. The van der Waals surface area contributed by atoms with Gasteiger partial charge < -0.3 is 15.2 Å². The molecule has 1 fully saturated rings. The van der Waals surface area contributed by atoms with Crippen molar-refractivity contribution in [2.24, 2.45) is 11.7 Å². The second kappa shape index (κ2) is 7.70. The molecule has 1 atom stereocenters. The van der Waals surface area contributed by atoms with E-state index in [-0.39, 0.29) is 12.5 Å². The van der Waals surface area contributed by atoms with Gasteiger partial charge in [0.25, 0.3) is 0 Å². The summed E-state index contributed by atoms with van der Waals surface area (Å²) in [7, 11) is 0. The molecule has 0 radical (unpaired) electrons. The first kappa shape index (κ1) is 15.4. The van der Waals surface area contributed by atoms with Gasteiger partial charge in [-0.2, -0.15) is 5.01 Å². The van der Waals surface area contributed by atoms with E-state index in [0.717, 1.165) is 24.2 Å². The fourth-order valence-corrected chi connectivity index (χ4v) is 1.95. The number of hydrogen-bond acceptors (Lipinski definition) is 7. The van der Waals surface area contributed by atoms with Crippen LogP contribution < -0.4 is 5.73 Å². The molecule has 19 heavy (non-hydrogen) atoms. The highest BCUT2D eigenvalue weighted by molar-refractivity contribution is 5.87. The topological polar surface area (TPSA) is 109 Å². The van der Waals surface area contributed by atoms with Crippen molar-refractivity contribution in [1.82, 2.24) is 10.0 Å². The summed E-state index contributed by atoms with van der Waals surface area (Å²) in [5, 5.41) is 9.89. The number of piperidine rings is 1. The smallest absolute Gasteiger partial charge is 0.434 e. The van der Waals surface area contributed by atoms with Crippen LogP contribution in [0.1, 0.15) is 19.8 Å². The zero-order chi connectivity index (χ0) is 14.3. The van der Waals surface area contributed by atoms with Crippen molar-refractivity contribution in [2.75, 3.05) is 26.2 Å². The van der Waals surface area contributed by atoms with E-state index in [4.69, 9.17) is 11.1 Å². The van der Waals surface area contributed by atoms with Gasteiger partial charge in [-0.15, -0.1) is 0 Å². The van der Waals surface area contributed by atoms with Gasteiger partial charge in [0.15, 0.2) is 0 Å². The molecule has 1 rings (SSSR count). The lowest BCUT2D eigenvalue weighted by Gasteiger charge is -2.36. The number of nitrogens with two attached hydrogens (primary N) is 1. The Kier molecular flexibility index (Phi) is 6.23. The normalized spacial score (nSPS) is 19.6. The lowest BCUT2D eigenvalue weighted by Crippen LogP contribution is -2.51. The van der Waals surface area contributed by atoms with E-state index < -0.39 is 12.2 Å². The second-order valence-electron chi connectivity index (χ2n) is 4.18. The average Bonchev–Trinajstić information content (AvgIpc) is 2.40. The van der Waals surface area contributed by atoms with Crippen molar-refractivity contribution in [3.05, 3.63) is 0 Å². The van der Waals surface area contributed by atoms with Crippen LogP contribution in [-0.2, 0) is 9.47 Å².